The lowest BCUT2D eigenvalue weighted by atomic mass is 10.0. The molecular weight excluding hydrogens is 206 g/mol. The zero-order valence-electron chi connectivity index (χ0n) is 8.19. The molecule has 1 rings (SSSR count). The summed E-state index contributed by atoms with van der Waals surface area (Å²) in [6.45, 7) is -0.529. The monoisotopic (exact) mass is 223 g/mol. The van der Waals surface area contributed by atoms with Crippen LogP contribution in [0, 0.1) is 0 Å². The van der Waals surface area contributed by atoms with Crippen LogP contribution in [0.2, 0.25) is 0 Å². The van der Waals surface area contributed by atoms with Crippen LogP contribution in [0.4, 0.5) is 0 Å². The van der Waals surface area contributed by atoms with E-state index in [-0.39, 0.29) is 13.0 Å². The third kappa shape index (κ3) is 3.35. The first-order valence-corrected chi connectivity index (χ1v) is 4.74. The van der Waals surface area contributed by atoms with Gasteiger partial charge in [0.1, 0.15) is 12.2 Å². The van der Waals surface area contributed by atoms with Gasteiger partial charge < -0.3 is 35.6 Å². The lowest BCUT2D eigenvalue weighted by molar-refractivity contribution is -0.293. The molecule has 0 saturated carbocycles. The summed E-state index contributed by atoms with van der Waals surface area (Å²) in [4.78, 5) is 0. The van der Waals surface area contributed by atoms with Crippen LogP contribution in [0.5, 0.6) is 0 Å². The van der Waals surface area contributed by atoms with Gasteiger partial charge in [0.2, 0.25) is 0 Å². The molecule has 1 saturated heterocycles. The van der Waals surface area contributed by atoms with Crippen LogP contribution in [-0.4, -0.2) is 64.5 Å². The second-order valence-electron chi connectivity index (χ2n) is 3.41. The number of rotatable bonds is 4. The molecule has 5 atom stereocenters. The van der Waals surface area contributed by atoms with Crippen LogP contribution < -0.4 is 5.73 Å². The second-order valence-corrected chi connectivity index (χ2v) is 3.41. The minimum absolute atomic E-state index is 0.0225. The SMILES string of the molecule is NCC(O)OC1C[C@H](O)[C@@H](O)[C@@H](CO)O1. The summed E-state index contributed by atoms with van der Waals surface area (Å²) in [5.74, 6) is 0. The van der Waals surface area contributed by atoms with Crippen molar-refractivity contribution in [2.45, 2.75) is 37.3 Å². The highest BCUT2D eigenvalue weighted by atomic mass is 16.7. The molecule has 0 amide bonds. The Morgan fingerprint density at radius 3 is 2.67 bits per heavy atom. The van der Waals surface area contributed by atoms with E-state index < -0.39 is 37.5 Å². The lowest BCUT2D eigenvalue weighted by Gasteiger charge is -2.36. The van der Waals surface area contributed by atoms with Gasteiger partial charge in [-0.25, -0.2) is 0 Å². The first kappa shape index (κ1) is 12.8. The Morgan fingerprint density at radius 2 is 2.13 bits per heavy atom. The van der Waals surface area contributed by atoms with E-state index >= 15 is 0 Å². The molecule has 1 heterocycles. The molecule has 6 N–H and O–H groups in total. The minimum Gasteiger partial charge on any atom is -0.394 e. The third-order valence-corrected chi connectivity index (χ3v) is 2.23. The predicted molar refractivity (Wildman–Crippen MR) is 48.5 cm³/mol. The fraction of sp³-hybridized carbons (Fsp3) is 1.00. The number of aliphatic hydroxyl groups is 4. The van der Waals surface area contributed by atoms with Gasteiger partial charge in [0.15, 0.2) is 12.6 Å². The van der Waals surface area contributed by atoms with Crippen molar-refractivity contribution in [2.24, 2.45) is 5.73 Å². The molecule has 0 aromatic rings. The van der Waals surface area contributed by atoms with E-state index in [1.165, 1.54) is 0 Å². The number of aliphatic hydroxyl groups excluding tert-OH is 4. The van der Waals surface area contributed by atoms with Gasteiger partial charge in [-0.2, -0.15) is 0 Å². The highest BCUT2D eigenvalue weighted by molar-refractivity contribution is 4.82. The Bertz CT molecular complexity index is 190. The van der Waals surface area contributed by atoms with Crippen molar-refractivity contribution in [1.82, 2.24) is 0 Å². The summed E-state index contributed by atoms with van der Waals surface area (Å²) in [7, 11) is 0. The van der Waals surface area contributed by atoms with E-state index in [0.717, 1.165) is 0 Å². The molecule has 0 bridgehead atoms. The Balaban J connectivity index is 2.47. The molecule has 1 fully saturated rings. The summed E-state index contributed by atoms with van der Waals surface area (Å²) in [5.41, 5.74) is 5.13. The molecule has 0 aromatic heterocycles. The molecule has 0 aromatic carbocycles. The number of ether oxygens (including phenoxy) is 2. The average molecular weight is 223 g/mol. The van der Waals surface area contributed by atoms with Crippen molar-refractivity contribution in [3.05, 3.63) is 0 Å². The maximum Gasteiger partial charge on any atom is 0.169 e. The van der Waals surface area contributed by atoms with Crippen LogP contribution >= 0.6 is 0 Å². The molecule has 0 radical (unpaired) electrons. The molecule has 0 aliphatic carbocycles. The van der Waals surface area contributed by atoms with Gasteiger partial charge in [-0.05, 0) is 0 Å². The highest BCUT2D eigenvalue weighted by Gasteiger charge is 2.37. The van der Waals surface area contributed by atoms with Crippen LogP contribution in [0.3, 0.4) is 0 Å². The van der Waals surface area contributed by atoms with Gasteiger partial charge in [0.05, 0.1) is 12.7 Å². The molecular formula is C8H17NO6. The summed E-state index contributed by atoms with van der Waals surface area (Å²) >= 11 is 0. The molecule has 2 unspecified atom stereocenters. The lowest BCUT2D eigenvalue weighted by Crippen LogP contribution is -2.51. The molecule has 1 aliphatic heterocycles. The first-order chi connectivity index (χ1) is 7.08. The average Bonchev–Trinajstić information content (AvgIpc) is 2.22. The van der Waals surface area contributed by atoms with E-state index in [9.17, 15) is 10.2 Å². The molecule has 0 spiro atoms. The van der Waals surface area contributed by atoms with E-state index in [1.54, 1.807) is 0 Å². The Labute approximate surface area is 87.0 Å². The number of hydrogen-bond donors (Lipinski definition) is 5. The fourth-order valence-corrected chi connectivity index (χ4v) is 1.38. The summed E-state index contributed by atoms with van der Waals surface area (Å²) < 4.78 is 10.0. The van der Waals surface area contributed by atoms with Crippen LogP contribution in [0.25, 0.3) is 0 Å². The first-order valence-electron chi connectivity index (χ1n) is 4.74. The van der Waals surface area contributed by atoms with Crippen molar-refractivity contribution < 1.29 is 29.9 Å². The Hall–Kier alpha value is -0.280. The minimum atomic E-state index is -1.18. The molecule has 90 valence electrons. The molecule has 1 aliphatic rings. The van der Waals surface area contributed by atoms with Crippen LogP contribution in [0.15, 0.2) is 0 Å². The fourth-order valence-electron chi connectivity index (χ4n) is 1.38. The third-order valence-electron chi connectivity index (χ3n) is 2.23. The van der Waals surface area contributed by atoms with Gasteiger partial charge in [-0.15, -0.1) is 0 Å². The van der Waals surface area contributed by atoms with E-state index in [2.05, 4.69) is 0 Å². The summed E-state index contributed by atoms with van der Waals surface area (Å²) in [6.07, 6.45) is -5.15. The normalized spacial score (nSPS) is 39.0. The maximum absolute atomic E-state index is 9.40. The maximum atomic E-state index is 9.40. The van der Waals surface area contributed by atoms with E-state index in [4.69, 9.17) is 25.4 Å². The molecule has 7 nitrogen and oxygen atoms in total. The van der Waals surface area contributed by atoms with Crippen molar-refractivity contribution in [2.75, 3.05) is 13.2 Å². The van der Waals surface area contributed by atoms with Crippen LogP contribution in [0.1, 0.15) is 6.42 Å². The molecule has 7 heteroatoms. The van der Waals surface area contributed by atoms with Gasteiger partial charge in [-0.1, -0.05) is 0 Å². The quantitative estimate of drug-likeness (QED) is 0.324. The topological polar surface area (TPSA) is 125 Å². The van der Waals surface area contributed by atoms with Gasteiger partial charge >= 0.3 is 0 Å². The number of nitrogens with two attached hydrogens (primary N) is 1. The zero-order chi connectivity index (χ0) is 11.4. The zero-order valence-corrected chi connectivity index (χ0v) is 8.19. The summed E-state index contributed by atoms with van der Waals surface area (Å²) in [6, 6.07) is 0. The second kappa shape index (κ2) is 5.71. The smallest absolute Gasteiger partial charge is 0.169 e. The Kier molecular flexibility index (Phi) is 4.87. The van der Waals surface area contributed by atoms with E-state index in [1.807, 2.05) is 0 Å². The van der Waals surface area contributed by atoms with Crippen molar-refractivity contribution in [3.8, 4) is 0 Å². The van der Waals surface area contributed by atoms with Gasteiger partial charge in [0, 0.05) is 13.0 Å². The Morgan fingerprint density at radius 1 is 1.47 bits per heavy atom. The van der Waals surface area contributed by atoms with E-state index in [0.29, 0.717) is 0 Å². The molecule has 15 heavy (non-hydrogen) atoms. The highest BCUT2D eigenvalue weighted by Crippen LogP contribution is 2.21. The largest absolute Gasteiger partial charge is 0.394 e. The standard InChI is InChI=1S/C8H17NO6/c9-2-6(12)15-7-1-4(11)8(13)5(3-10)14-7/h4-8,10-13H,1-3,9H2/t4-,5+,6?,7?,8+/m0/s1. The summed E-state index contributed by atoms with van der Waals surface area (Å²) in [5, 5.41) is 36.7. The number of hydrogen-bond acceptors (Lipinski definition) is 7. The van der Waals surface area contributed by atoms with Gasteiger partial charge in [0.25, 0.3) is 0 Å². The van der Waals surface area contributed by atoms with Crippen molar-refractivity contribution >= 4 is 0 Å². The van der Waals surface area contributed by atoms with Crippen molar-refractivity contribution in [1.29, 1.82) is 0 Å². The van der Waals surface area contributed by atoms with Crippen molar-refractivity contribution in [3.63, 3.8) is 0 Å². The predicted octanol–water partition coefficient (Wildman–Crippen LogP) is -2.89. The van der Waals surface area contributed by atoms with Gasteiger partial charge in [-0.3, -0.25) is 0 Å². The van der Waals surface area contributed by atoms with Crippen LogP contribution in [-0.2, 0) is 9.47 Å².